The van der Waals surface area contributed by atoms with Crippen LogP contribution in [0.1, 0.15) is 37.7 Å². The molecule has 1 aromatic carbocycles. The third kappa shape index (κ3) is 6.84. The van der Waals surface area contributed by atoms with Crippen molar-refractivity contribution < 1.29 is 23.9 Å². The van der Waals surface area contributed by atoms with Crippen molar-refractivity contribution in [1.82, 2.24) is 10.6 Å². The Kier molecular flexibility index (Phi) is 8.74. The molecule has 28 heavy (non-hydrogen) atoms. The van der Waals surface area contributed by atoms with E-state index in [9.17, 15) is 14.4 Å². The summed E-state index contributed by atoms with van der Waals surface area (Å²) in [6.45, 7) is 0.570. The molecule has 8 heteroatoms. The van der Waals surface area contributed by atoms with Gasteiger partial charge in [0.2, 0.25) is 5.91 Å². The number of alkyl carbamates (subject to hydrolysis) is 1. The first kappa shape index (κ1) is 21.7. The molecule has 1 aliphatic carbocycles. The highest BCUT2D eigenvalue weighted by atomic mass is 16.5. The summed E-state index contributed by atoms with van der Waals surface area (Å²) in [5, 5.41) is 5.50. The molecule has 0 radical (unpaired) electrons. The highest BCUT2D eigenvalue weighted by Gasteiger charge is 2.35. The zero-order valence-electron chi connectivity index (χ0n) is 16.2. The lowest BCUT2D eigenvalue weighted by Gasteiger charge is -2.21. The van der Waals surface area contributed by atoms with Gasteiger partial charge in [-0.3, -0.25) is 9.59 Å². The number of amides is 2. The molecule has 0 spiro atoms. The van der Waals surface area contributed by atoms with Crippen LogP contribution in [-0.4, -0.2) is 43.7 Å². The minimum Gasteiger partial charge on any atom is -0.469 e. The molecule has 8 nitrogen and oxygen atoms in total. The number of esters is 1. The summed E-state index contributed by atoms with van der Waals surface area (Å²) in [4.78, 5) is 35.6. The molecule has 1 fully saturated rings. The number of carbonyl (C=O) groups is 3. The molecule has 154 valence electrons. The van der Waals surface area contributed by atoms with Crippen molar-refractivity contribution in [1.29, 1.82) is 0 Å². The van der Waals surface area contributed by atoms with Gasteiger partial charge in [0.1, 0.15) is 6.61 Å². The largest absolute Gasteiger partial charge is 0.469 e. The Hall–Kier alpha value is -2.61. The predicted molar refractivity (Wildman–Crippen MR) is 103 cm³/mol. The van der Waals surface area contributed by atoms with Gasteiger partial charge in [-0.2, -0.15) is 0 Å². The Morgan fingerprint density at radius 3 is 2.68 bits per heavy atom. The number of hydrogen-bond acceptors (Lipinski definition) is 6. The van der Waals surface area contributed by atoms with Crippen LogP contribution in [0.2, 0.25) is 0 Å². The van der Waals surface area contributed by atoms with Crippen LogP contribution in [0.3, 0.4) is 0 Å². The van der Waals surface area contributed by atoms with Crippen molar-refractivity contribution in [2.75, 3.05) is 13.7 Å². The van der Waals surface area contributed by atoms with Crippen molar-refractivity contribution in [3.8, 4) is 0 Å². The SMILES string of the molecule is COC(=O)[C@@H]1CCC[C@@H]1NC(=O)[C@@H](N)CCCNC(=O)OCc1ccccc1. The average molecular weight is 391 g/mol. The van der Waals surface area contributed by atoms with Crippen LogP contribution < -0.4 is 16.4 Å². The van der Waals surface area contributed by atoms with E-state index in [0.717, 1.165) is 18.4 Å². The standard InChI is InChI=1S/C20H29N3O5/c1-27-19(25)15-9-5-11-17(15)23-18(24)16(21)10-6-12-22-20(26)28-13-14-7-3-2-4-8-14/h2-4,7-8,15-17H,5-6,9-13,21H2,1H3,(H,22,26)(H,23,24)/t15-,16+,17+/m1/s1. The molecule has 0 aliphatic heterocycles. The molecule has 1 aliphatic rings. The van der Waals surface area contributed by atoms with Crippen LogP contribution in [0.15, 0.2) is 30.3 Å². The van der Waals surface area contributed by atoms with Gasteiger partial charge in [-0.15, -0.1) is 0 Å². The van der Waals surface area contributed by atoms with E-state index in [-0.39, 0.29) is 30.4 Å². The molecule has 0 aromatic heterocycles. The van der Waals surface area contributed by atoms with Crippen molar-refractivity contribution in [3.05, 3.63) is 35.9 Å². The van der Waals surface area contributed by atoms with E-state index in [4.69, 9.17) is 15.2 Å². The van der Waals surface area contributed by atoms with Crippen molar-refractivity contribution in [2.45, 2.75) is 50.8 Å². The molecule has 0 bridgehead atoms. The molecule has 1 aromatic rings. The van der Waals surface area contributed by atoms with E-state index in [1.165, 1.54) is 7.11 Å². The summed E-state index contributed by atoms with van der Waals surface area (Å²) >= 11 is 0. The molecular weight excluding hydrogens is 362 g/mol. The number of nitrogens with two attached hydrogens (primary N) is 1. The smallest absolute Gasteiger partial charge is 0.407 e. The molecule has 3 atom stereocenters. The zero-order chi connectivity index (χ0) is 20.4. The number of methoxy groups -OCH3 is 1. The Bertz CT molecular complexity index is 653. The quantitative estimate of drug-likeness (QED) is 0.433. The minimum atomic E-state index is -0.693. The molecular formula is C20H29N3O5. The van der Waals surface area contributed by atoms with Gasteiger partial charge in [-0.05, 0) is 31.2 Å². The van der Waals surface area contributed by atoms with Gasteiger partial charge in [-0.1, -0.05) is 36.8 Å². The first-order chi connectivity index (χ1) is 13.5. The molecule has 0 heterocycles. The fourth-order valence-electron chi connectivity index (χ4n) is 3.27. The maximum absolute atomic E-state index is 12.2. The second kappa shape index (κ2) is 11.3. The zero-order valence-corrected chi connectivity index (χ0v) is 16.2. The van der Waals surface area contributed by atoms with Gasteiger partial charge in [-0.25, -0.2) is 4.79 Å². The number of nitrogens with one attached hydrogen (secondary N) is 2. The lowest BCUT2D eigenvalue weighted by atomic mass is 10.0. The van der Waals surface area contributed by atoms with Crippen LogP contribution in [0.25, 0.3) is 0 Å². The van der Waals surface area contributed by atoms with Crippen LogP contribution >= 0.6 is 0 Å². The summed E-state index contributed by atoms with van der Waals surface area (Å²) in [5.74, 6) is -0.885. The molecule has 4 N–H and O–H groups in total. The van der Waals surface area contributed by atoms with Crippen LogP contribution in [0.5, 0.6) is 0 Å². The van der Waals surface area contributed by atoms with E-state index in [1.807, 2.05) is 30.3 Å². The Morgan fingerprint density at radius 2 is 1.96 bits per heavy atom. The summed E-state index contributed by atoms with van der Waals surface area (Å²) < 4.78 is 9.89. The van der Waals surface area contributed by atoms with Gasteiger partial charge in [0, 0.05) is 12.6 Å². The molecule has 0 saturated heterocycles. The van der Waals surface area contributed by atoms with E-state index < -0.39 is 12.1 Å². The highest BCUT2D eigenvalue weighted by Crippen LogP contribution is 2.26. The fourth-order valence-corrected chi connectivity index (χ4v) is 3.27. The summed E-state index contributed by atoms with van der Waals surface area (Å²) in [5.41, 5.74) is 6.84. The average Bonchev–Trinajstić information content (AvgIpc) is 3.17. The first-order valence-corrected chi connectivity index (χ1v) is 9.59. The minimum absolute atomic E-state index is 0.206. The molecule has 0 unspecified atom stereocenters. The third-order valence-corrected chi connectivity index (χ3v) is 4.86. The molecule has 1 saturated carbocycles. The molecule has 2 amide bonds. The maximum atomic E-state index is 12.2. The second-order valence-corrected chi connectivity index (χ2v) is 6.91. The predicted octanol–water partition coefficient (Wildman–Crippen LogP) is 1.48. The lowest BCUT2D eigenvalue weighted by Crippen LogP contribution is -2.48. The summed E-state index contributed by atoms with van der Waals surface area (Å²) in [6.07, 6.45) is 2.78. The summed E-state index contributed by atoms with van der Waals surface area (Å²) in [6, 6.07) is 8.48. The van der Waals surface area contributed by atoms with Crippen LogP contribution in [0.4, 0.5) is 4.79 Å². The van der Waals surface area contributed by atoms with E-state index in [1.54, 1.807) is 0 Å². The topological polar surface area (TPSA) is 120 Å². The Labute approximate surface area is 165 Å². The van der Waals surface area contributed by atoms with Gasteiger partial charge < -0.3 is 25.8 Å². The van der Waals surface area contributed by atoms with Crippen molar-refractivity contribution >= 4 is 18.0 Å². The number of hydrogen-bond donors (Lipinski definition) is 3. The van der Waals surface area contributed by atoms with E-state index in [2.05, 4.69) is 10.6 Å². The van der Waals surface area contributed by atoms with E-state index >= 15 is 0 Å². The number of rotatable bonds is 9. The lowest BCUT2D eigenvalue weighted by molar-refractivity contribution is -0.146. The highest BCUT2D eigenvalue weighted by molar-refractivity contribution is 5.83. The van der Waals surface area contributed by atoms with Gasteiger partial charge in [0.05, 0.1) is 19.1 Å². The molecule has 2 rings (SSSR count). The van der Waals surface area contributed by atoms with Crippen molar-refractivity contribution in [3.63, 3.8) is 0 Å². The second-order valence-electron chi connectivity index (χ2n) is 6.91. The van der Waals surface area contributed by atoms with E-state index in [0.29, 0.717) is 25.8 Å². The third-order valence-electron chi connectivity index (χ3n) is 4.86. The van der Waals surface area contributed by atoms with Gasteiger partial charge in [0.15, 0.2) is 0 Å². The van der Waals surface area contributed by atoms with Gasteiger partial charge >= 0.3 is 12.1 Å². The number of ether oxygens (including phenoxy) is 2. The number of benzene rings is 1. The maximum Gasteiger partial charge on any atom is 0.407 e. The summed E-state index contributed by atoms with van der Waals surface area (Å²) in [7, 11) is 1.35. The van der Waals surface area contributed by atoms with Crippen LogP contribution in [-0.2, 0) is 25.7 Å². The first-order valence-electron chi connectivity index (χ1n) is 9.59. The van der Waals surface area contributed by atoms with Crippen molar-refractivity contribution in [2.24, 2.45) is 11.7 Å². The number of carbonyl (C=O) groups excluding carboxylic acids is 3. The Morgan fingerprint density at radius 1 is 1.21 bits per heavy atom. The monoisotopic (exact) mass is 391 g/mol. The van der Waals surface area contributed by atoms with Gasteiger partial charge in [0.25, 0.3) is 0 Å². The van der Waals surface area contributed by atoms with Crippen LogP contribution in [0, 0.1) is 5.92 Å². The Balaban J connectivity index is 1.61. The fraction of sp³-hybridized carbons (Fsp3) is 0.550. The normalized spacial score (nSPS) is 19.5.